The van der Waals surface area contributed by atoms with E-state index in [9.17, 15) is 9.59 Å². The van der Waals surface area contributed by atoms with Crippen LogP contribution in [0.1, 0.15) is 12.0 Å². The van der Waals surface area contributed by atoms with E-state index < -0.39 is 0 Å². The second kappa shape index (κ2) is 8.88. The minimum atomic E-state index is -0.236. The van der Waals surface area contributed by atoms with Crippen molar-refractivity contribution in [1.29, 1.82) is 0 Å². The Balaban J connectivity index is 1.74. The Labute approximate surface area is 163 Å². The Hall–Kier alpha value is -2.57. The summed E-state index contributed by atoms with van der Waals surface area (Å²) in [6.07, 6.45) is 0.858. The molecule has 0 spiro atoms. The van der Waals surface area contributed by atoms with Crippen molar-refractivity contribution in [3.63, 3.8) is 0 Å². The number of ether oxygens (including phenoxy) is 1. The molecule has 0 atom stereocenters. The Morgan fingerprint density at radius 3 is 2.78 bits per heavy atom. The van der Waals surface area contributed by atoms with Crippen LogP contribution < -0.4 is 10.2 Å². The number of carbonyl (C=O) groups excluding carboxylic acids is 2. The van der Waals surface area contributed by atoms with Crippen LogP contribution in [0.5, 0.6) is 0 Å². The molecular formula is C20H22ClN3O3. The fourth-order valence-electron chi connectivity index (χ4n) is 3.08. The minimum absolute atomic E-state index is 0.0154. The van der Waals surface area contributed by atoms with E-state index in [1.807, 2.05) is 36.4 Å². The summed E-state index contributed by atoms with van der Waals surface area (Å²) in [6.45, 7) is 1.77. The first-order valence-electron chi connectivity index (χ1n) is 8.77. The average molecular weight is 388 g/mol. The zero-order chi connectivity index (χ0) is 19.2. The zero-order valence-corrected chi connectivity index (χ0v) is 15.9. The molecule has 3 amide bonds. The van der Waals surface area contributed by atoms with Crippen LogP contribution in [0, 0.1) is 0 Å². The van der Waals surface area contributed by atoms with Crippen LogP contribution in [-0.2, 0) is 16.1 Å². The third kappa shape index (κ3) is 4.78. The summed E-state index contributed by atoms with van der Waals surface area (Å²) < 4.78 is 4.83. The molecule has 1 aliphatic rings. The monoisotopic (exact) mass is 387 g/mol. The maximum Gasteiger partial charge on any atom is 0.324 e. The van der Waals surface area contributed by atoms with Crippen LogP contribution in [0.3, 0.4) is 0 Å². The maximum atomic E-state index is 13.0. The number of nitrogens with zero attached hydrogens (tertiary/aromatic N) is 2. The van der Waals surface area contributed by atoms with Gasteiger partial charge < -0.3 is 15.0 Å². The zero-order valence-electron chi connectivity index (χ0n) is 15.2. The normalized spacial score (nSPS) is 14.4. The van der Waals surface area contributed by atoms with Crippen molar-refractivity contribution in [2.24, 2.45) is 0 Å². The lowest BCUT2D eigenvalue weighted by Crippen LogP contribution is -2.49. The lowest BCUT2D eigenvalue weighted by molar-refractivity contribution is -0.119. The number of hydrogen-bond donors (Lipinski definition) is 1. The van der Waals surface area contributed by atoms with Crippen LogP contribution in [0.25, 0.3) is 0 Å². The number of amides is 3. The van der Waals surface area contributed by atoms with Gasteiger partial charge in [0.15, 0.2) is 0 Å². The lowest BCUT2D eigenvalue weighted by Gasteiger charge is -2.36. The highest BCUT2D eigenvalue weighted by atomic mass is 35.5. The van der Waals surface area contributed by atoms with E-state index in [4.69, 9.17) is 16.3 Å². The second-order valence-electron chi connectivity index (χ2n) is 6.33. The molecule has 0 aromatic heterocycles. The average Bonchev–Trinajstić information content (AvgIpc) is 2.65. The van der Waals surface area contributed by atoms with Crippen molar-refractivity contribution in [2.75, 3.05) is 37.0 Å². The van der Waals surface area contributed by atoms with Gasteiger partial charge in [0.2, 0.25) is 5.91 Å². The van der Waals surface area contributed by atoms with Gasteiger partial charge in [-0.15, -0.1) is 0 Å². The minimum Gasteiger partial charge on any atom is -0.375 e. The molecule has 1 saturated heterocycles. The number of halogens is 1. The van der Waals surface area contributed by atoms with Gasteiger partial charge >= 0.3 is 6.03 Å². The Kier molecular flexibility index (Phi) is 6.32. The molecule has 0 aliphatic carbocycles. The number of carbonyl (C=O) groups is 2. The summed E-state index contributed by atoms with van der Waals surface area (Å²) >= 11 is 6.24. The second-order valence-corrected chi connectivity index (χ2v) is 6.74. The van der Waals surface area contributed by atoms with E-state index in [0.29, 0.717) is 30.3 Å². The van der Waals surface area contributed by atoms with Gasteiger partial charge in [-0.2, -0.15) is 0 Å². The first-order valence-corrected chi connectivity index (χ1v) is 9.15. The SMILES string of the molecule is COCC(=O)Nc1cccc(N2CCCN(Cc3ccccc3Cl)C2=O)c1. The van der Waals surface area contributed by atoms with E-state index in [-0.39, 0.29) is 18.5 Å². The molecule has 0 bridgehead atoms. The quantitative estimate of drug-likeness (QED) is 0.820. The van der Waals surface area contributed by atoms with Crippen molar-refractivity contribution >= 4 is 34.9 Å². The van der Waals surface area contributed by atoms with Gasteiger partial charge in [-0.25, -0.2) is 4.79 Å². The molecule has 0 unspecified atom stereocenters. The number of urea groups is 1. The van der Waals surface area contributed by atoms with E-state index in [1.54, 1.807) is 21.9 Å². The van der Waals surface area contributed by atoms with Crippen LogP contribution in [0.4, 0.5) is 16.2 Å². The van der Waals surface area contributed by atoms with E-state index >= 15 is 0 Å². The van der Waals surface area contributed by atoms with Crippen LogP contribution in [0.15, 0.2) is 48.5 Å². The summed E-state index contributed by atoms with van der Waals surface area (Å²) in [7, 11) is 1.47. The Morgan fingerprint density at radius 2 is 2.00 bits per heavy atom. The number of methoxy groups -OCH3 is 1. The maximum absolute atomic E-state index is 13.0. The summed E-state index contributed by atoms with van der Waals surface area (Å²) in [5.74, 6) is -0.236. The molecule has 1 fully saturated rings. The molecule has 142 valence electrons. The number of rotatable bonds is 6. The molecule has 7 heteroatoms. The molecule has 2 aromatic carbocycles. The van der Waals surface area contributed by atoms with Crippen molar-refractivity contribution in [3.8, 4) is 0 Å². The Morgan fingerprint density at radius 1 is 1.19 bits per heavy atom. The van der Waals surface area contributed by atoms with Gasteiger partial charge in [0.05, 0.1) is 0 Å². The third-order valence-electron chi connectivity index (χ3n) is 4.35. The molecular weight excluding hydrogens is 366 g/mol. The predicted molar refractivity (Wildman–Crippen MR) is 106 cm³/mol. The topological polar surface area (TPSA) is 61.9 Å². The summed E-state index contributed by atoms with van der Waals surface area (Å²) in [6, 6.07) is 14.7. The Bertz CT molecular complexity index is 828. The van der Waals surface area contributed by atoms with Gasteiger partial charge in [-0.1, -0.05) is 35.9 Å². The highest BCUT2D eigenvalue weighted by molar-refractivity contribution is 6.31. The molecule has 3 rings (SSSR count). The molecule has 2 aromatic rings. The number of nitrogens with one attached hydrogen (secondary N) is 1. The number of benzene rings is 2. The first kappa shape index (κ1) is 19.2. The molecule has 0 saturated carbocycles. The third-order valence-corrected chi connectivity index (χ3v) is 4.72. The van der Waals surface area contributed by atoms with E-state index in [2.05, 4.69) is 5.32 Å². The summed E-state index contributed by atoms with van der Waals surface area (Å²) in [5.41, 5.74) is 2.31. The van der Waals surface area contributed by atoms with Crippen molar-refractivity contribution in [2.45, 2.75) is 13.0 Å². The van der Waals surface area contributed by atoms with Gasteiger partial charge in [0.1, 0.15) is 6.61 Å². The molecule has 6 nitrogen and oxygen atoms in total. The summed E-state index contributed by atoms with van der Waals surface area (Å²) in [4.78, 5) is 28.2. The van der Waals surface area contributed by atoms with Crippen LogP contribution >= 0.6 is 11.6 Å². The lowest BCUT2D eigenvalue weighted by atomic mass is 10.1. The van der Waals surface area contributed by atoms with Gasteiger partial charge in [0, 0.05) is 43.1 Å². The van der Waals surface area contributed by atoms with Crippen molar-refractivity contribution in [1.82, 2.24) is 4.90 Å². The molecule has 1 aliphatic heterocycles. The number of hydrogen-bond acceptors (Lipinski definition) is 3. The summed E-state index contributed by atoms with van der Waals surface area (Å²) in [5, 5.41) is 3.42. The molecule has 27 heavy (non-hydrogen) atoms. The largest absolute Gasteiger partial charge is 0.375 e. The molecule has 0 radical (unpaired) electrons. The predicted octanol–water partition coefficient (Wildman–Crippen LogP) is 3.76. The van der Waals surface area contributed by atoms with E-state index in [0.717, 1.165) is 17.7 Å². The molecule has 1 heterocycles. The fourth-order valence-corrected chi connectivity index (χ4v) is 3.28. The van der Waals surface area contributed by atoms with Crippen molar-refractivity contribution < 1.29 is 14.3 Å². The van der Waals surface area contributed by atoms with Crippen LogP contribution in [0.2, 0.25) is 5.02 Å². The smallest absolute Gasteiger partial charge is 0.324 e. The standard InChI is InChI=1S/C20H22ClN3O3/c1-27-14-19(25)22-16-7-4-8-17(12-16)24-11-5-10-23(20(24)26)13-15-6-2-3-9-18(15)21/h2-4,6-9,12H,5,10-11,13-14H2,1H3,(H,22,25). The molecule has 1 N–H and O–H groups in total. The van der Waals surface area contributed by atoms with Gasteiger partial charge in [-0.05, 0) is 36.2 Å². The number of anilines is 2. The van der Waals surface area contributed by atoms with Gasteiger partial charge in [-0.3, -0.25) is 9.69 Å². The highest BCUT2D eigenvalue weighted by Crippen LogP contribution is 2.25. The van der Waals surface area contributed by atoms with Gasteiger partial charge in [0.25, 0.3) is 0 Å². The highest BCUT2D eigenvalue weighted by Gasteiger charge is 2.27. The van der Waals surface area contributed by atoms with Crippen LogP contribution in [-0.4, -0.2) is 43.6 Å². The fraction of sp³-hybridized carbons (Fsp3) is 0.300. The first-order chi connectivity index (χ1) is 13.1. The van der Waals surface area contributed by atoms with E-state index in [1.165, 1.54) is 7.11 Å². The van der Waals surface area contributed by atoms with Crippen molar-refractivity contribution in [3.05, 3.63) is 59.1 Å².